The molecule has 0 heterocycles. The number of carbonyl (C=O) groups excluding carboxylic acids is 1. The second-order valence-electron chi connectivity index (χ2n) is 2.71. The predicted octanol–water partition coefficient (Wildman–Crippen LogP) is -0.276. The van der Waals surface area contributed by atoms with Crippen LogP contribution in [0.15, 0.2) is 0 Å². The van der Waals surface area contributed by atoms with E-state index in [4.69, 9.17) is 19.9 Å². The zero-order valence-electron chi connectivity index (χ0n) is 9.16. The van der Waals surface area contributed by atoms with Crippen molar-refractivity contribution < 1.29 is 19.0 Å². The van der Waals surface area contributed by atoms with E-state index in [9.17, 15) is 4.79 Å². The molecule has 0 aromatic rings. The van der Waals surface area contributed by atoms with Crippen LogP contribution in [-0.2, 0) is 14.2 Å². The Morgan fingerprint density at radius 1 is 1.07 bits per heavy atom. The highest BCUT2D eigenvalue weighted by atomic mass is 16.5. The van der Waals surface area contributed by atoms with Crippen molar-refractivity contribution in [3.05, 3.63) is 0 Å². The van der Waals surface area contributed by atoms with Gasteiger partial charge < -0.3 is 25.3 Å². The third-order valence-electron chi connectivity index (χ3n) is 1.49. The lowest BCUT2D eigenvalue weighted by atomic mass is 10.6. The molecule has 0 saturated carbocycles. The molecule has 0 aromatic heterocycles. The predicted molar refractivity (Wildman–Crippen MR) is 55.7 cm³/mol. The van der Waals surface area contributed by atoms with Crippen LogP contribution in [0.25, 0.3) is 0 Å². The van der Waals surface area contributed by atoms with Gasteiger partial charge in [-0.2, -0.15) is 0 Å². The lowest BCUT2D eigenvalue weighted by Crippen LogP contribution is -2.32. The Morgan fingerprint density at radius 3 is 2.13 bits per heavy atom. The Balaban J connectivity index is 2.89. The quantitative estimate of drug-likeness (QED) is 0.496. The fourth-order valence-corrected chi connectivity index (χ4v) is 0.831. The number of rotatable bonds is 10. The zero-order valence-corrected chi connectivity index (χ0v) is 9.16. The van der Waals surface area contributed by atoms with Crippen molar-refractivity contribution in [3.63, 3.8) is 0 Å². The van der Waals surface area contributed by atoms with Crippen LogP contribution in [-0.4, -0.2) is 52.2 Å². The van der Waals surface area contributed by atoms with E-state index in [-0.39, 0.29) is 0 Å². The zero-order chi connectivity index (χ0) is 11.4. The van der Waals surface area contributed by atoms with Crippen LogP contribution in [0.3, 0.4) is 0 Å². The van der Waals surface area contributed by atoms with Crippen LogP contribution in [0.1, 0.15) is 6.92 Å². The summed E-state index contributed by atoms with van der Waals surface area (Å²) in [6.45, 7) is 5.74. The molecule has 0 aliphatic heterocycles. The summed E-state index contributed by atoms with van der Waals surface area (Å²) in [5.41, 5.74) is 4.86. The molecule has 0 unspecified atom stereocenters. The Labute approximate surface area is 90.1 Å². The van der Waals surface area contributed by atoms with Crippen molar-refractivity contribution in [3.8, 4) is 0 Å². The Bertz CT molecular complexity index is 155. The summed E-state index contributed by atoms with van der Waals surface area (Å²) in [5.74, 6) is 0. The highest BCUT2D eigenvalue weighted by molar-refractivity contribution is 5.71. The average Bonchev–Trinajstić information content (AvgIpc) is 2.20. The van der Waals surface area contributed by atoms with Crippen LogP contribution in [0.4, 0.5) is 4.79 Å². The molecule has 3 N–H and O–H groups in total. The van der Waals surface area contributed by atoms with Crippen LogP contribution in [0.2, 0.25) is 0 Å². The number of nitrogens with two attached hydrogens (primary N) is 1. The minimum atomic E-state index is -0.536. The lowest BCUT2D eigenvalue weighted by molar-refractivity contribution is 0.0179. The number of ether oxygens (including phenoxy) is 3. The number of hydrogen-bond acceptors (Lipinski definition) is 4. The molecule has 0 spiro atoms. The summed E-state index contributed by atoms with van der Waals surface area (Å²) in [5, 5.41) is 2.42. The highest BCUT2D eigenvalue weighted by Crippen LogP contribution is 1.80. The van der Waals surface area contributed by atoms with Gasteiger partial charge in [-0.1, -0.05) is 0 Å². The van der Waals surface area contributed by atoms with Gasteiger partial charge in [0.15, 0.2) is 0 Å². The minimum Gasteiger partial charge on any atom is -0.379 e. The second kappa shape index (κ2) is 11.2. The van der Waals surface area contributed by atoms with Crippen LogP contribution < -0.4 is 11.1 Å². The molecular weight excluding hydrogens is 200 g/mol. The van der Waals surface area contributed by atoms with E-state index < -0.39 is 6.03 Å². The Kier molecular flexibility index (Phi) is 10.6. The van der Waals surface area contributed by atoms with E-state index in [1.807, 2.05) is 6.92 Å². The smallest absolute Gasteiger partial charge is 0.312 e. The molecular formula is C9H20N2O4. The van der Waals surface area contributed by atoms with Crippen LogP contribution in [0.5, 0.6) is 0 Å². The number of carbonyl (C=O) groups is 1. The van der Waals surface area contributed by atoms with Crippen molar-refractivity contribution in [2.75, 3.05) is 46.2 Å². The van der Waals surface area contributed by atoms with Crippen LogP contribution in [0, 0.1) is 0 Å². The molecule has 6 heteroatoms. The largest absolute Gasteiger partial charge is 0.379 e. The molecule has 0 radical (unpaired) electrons. The summed E-state index contributed by atoms with van der Waals surface area (Å²) >= 11 is 0. The summed E-state index contributed by atoms with van der Waals surface area (Å²) in [4.78, 5) is 10.3. The van der Waals surface area contributed by atoms with Gasteiger partial charge in [0, 0.05) is 13.2 Å². The maximum Gasteiger partial charge on any atom is 0.312 e. The first kappa shape index (κ1) is 14.2. The third-order valence-corrected chi connectivity index (χ3v) is 1.49. The van der Waals surface area contributed by atoms with Gasteiger partial charge in [-0.25, -0.2) is 4.79 Å². The summed E-state index contributed by atoms with van der Waals surface area (Å²) in [7, 11) is 0. The van der Waals surface area contributed by atoms with Crippen molar-refractivity contribution in [1.29, 1.82) is 0 Å². The Hall–Kier alpha value is -0.850. The summed E-state index contributed by atoms with van der Waals surface area (Å²) < 4.78 is 15.4. The fraction of sp³-hybridized carbons (Fsp3) is 0.889. The number of urea groups is 1. The van der Waals surface area contributed by atoms with Gasteiger partial charge in [0.1, 0.15) is 0 Å². The number of amides is 2. The minimum absolute atomic E-state index is 0.425. The molecule has 0 aromatic carbocycles. The van der Waals surface area contributed by atoms with E-state index in [2.05, 4.69) is 5.32 Å². The van der Waals surface area contributed by atoms with Crippen molar-refractivity contribution >= 4 is 6.03 Å². The molecule has 0 aliphatic carbocycles. The Morgan fingerprint density at radius 2 is 1.60 bits per heavy atom. The van der Waals surface area contributed by atoms with Crippen molar-refractivity contribution in [1.82, 2.24) is 5.32 Å². The molecule has 0 rings (SSSR count). The van der Waals surface area contributed by atoms with Crippen LogP contribution >= 0.6 is 0 Å². The number of hydrogen-bond donors (Lipinski definition) is 2. The molecule has 0 aliphatic rings. The number of nitrogens with one attached hydrogen (secondary N) is 1. The van der Waals surface area contributed by atoms with E-state index in [1.165, 1.54) is 0 Å². The second-order valence-corrected chi connectivity index (χ2v) is 2.71. The maximum absolute atomic E-state index is 10.3. The lowest BCUT2D eigenvalue weighted by Gasteiger charge is -2.06. The first-order chi connectivity index (χ1) is 7.27. The monoisotopic (exact) mass is 220 g/mol. The summed E-state index contributed by atoms with van der Waals surface area (Å²) in [6, 6.07) is -0.536. The molecule has 2 amide bonds. The van der Waals surface area contributed by atoms with E-state index >= 15 is 0 Å². The van der Waals surface area contributed by atoms with E-state index in [0.717, 1.165) is 0 Å². The topological polar surface area (TPSA) is 82.8 Å². The van der Waals surface area contributed by atoms with Gasteiger partial charge in [0.2, 0.25) is 0 Å². The van der Waals surface area contributed by atoms with Gasteiger partial charge in [0.25, 0.3) is 0 Å². The molecule has 0 saturated heterocycles. The van der Waals surface area contributed by atoms with Gasteiger partial charge >= 0.3 is 6.03 Å². The molecule has 0 fully saturated rings. The average molecular weight is 220 g/mol. The normalized spacial score (nSPS) is 10.2. The molecule has 0 bridgehead atoms. The van der Waals surface area contributed by atoms with Gasteiger partial charge in [-0.3, -0.25) is 0 Å². The first-order valence-electron chi connectivity index (χ1n) is 5.04. The number of primary amides is 1. The molecule has 6 nitrogen and oxygen atoms in total. The third kappa shape index (κ3) is 13.2. The standard InChI is InChI=1S/C9H20N2O4/c1-2-13-5-6-15-8-7-14-4-3-11-9(10)12/h2-8H2,1H3,(H3,10,11,12). The molecule has 15 heavy (non-hydrogen) atoms. The van der Waals surface area contributed by atoms with Gasteiger partial charge in [-0.15, -0.1) is 0 Å². The first-order valence-corrected chi connectivity index (χ1v) is 5.04. The van der Waals surface area contributed by atoms with E-state index in [1.54, 1.807) is 0 Å². The SMILES string of the molecule is CCOCCOCCOCCNC(N)=O. The maximum atomic E-state index is 10.3. The van der Waals surface area contributed by atoms with Crippen molar-refractivity contribution in [2.45, 2.75) is 6.92 Å². The van der Waals surface area contributed by atoms with Gasteiger partial charge in [-0.05, 0) is 6.92 Å². The van der Waals surface area contributed by atoms with E-state index in [0.29, 0.717) is 46.2 Å². The van der Waals surface area contributed by atoms with Crippen molar-refractivity contribution in [2.24, 2.45) is 5.73 Å². The van der Waals surface area contributed by atoms with Gasteiger partial charge in [0.05, 0.1) is 33.0 Å². The fourth-order valence-electron chi connectivity index (χ4n) is 0.831. The molecule has 90 valence electrons. The highest BCUT2D eigenvalue weighted by Gasteiger charge is 1.92. The summed E-state index contributed by atoms with van der Waals surface area (Å²) in [6.07, 6.45) is 0. The molecule has 0 atom stereocenters.